The maximum atomic E-state index is 12.1. The van der Waals surface area contributed by atoms with E-state index in [1.165, 1.54) is 0 Å². The molecule has 20 heavy (non-hydrogen) atoms. The molecule has 1 aromatic heterocycles. The van der Waals surface area contributed by atoms with Crippen LogP contribution in [0.5, 0.6) is 0 Å². The average molecular weight is 275 g/mol. The van der Waals surface area contributed by atoms with Gasteiger partial charge in [0.2, 0.25) is 0 Å². The van der Waals surface area contributed by atoms with Crippen molar-refractivity contribution in [2.24, 2.45) is 0 Å². The number of anilines is 1. The summed E-state index contributed by atoms with van der Waals surface area (Å²) in [6.07, 6.45) is 2.28. The lowest BCUT2D eigenvalue weighted by atomic mass is 10.0. The molecule has 2 heterocycles. The molecule has 1 amide bonds. The smallest absolute Gasteiger partial charge is 0.253 e. The first-order valence-corrected chi connectivity index (χ1v) is 7.27. The van der Waals surface area contributed by atoms with Gasteiger partial charge in [0.15, 0.2) is 0 Å². The maximum Gasteiger partial charge on any atom is 0.253 e. The zero-order valence-corrected chi connectivity index (χ0v) is 12.1. The largest absolute Gasteiger partial charge is 0.378 e. The Labute approximate surface area is 119 Å². The van der Waals surface area contributed by atoms with Crippen LogP contribution in [0.1, 0.15) is 40.4 Å². The molecule has 0 atom stereocenters. The lowest BCUT2D eigenvalue weighted by molar-refractivity contribution is 0.0961. The van der Waals surface area contributed by atoms with Crippen molar-refractivity contribution >= 4 is 11.7 Å². The summed E-state index contributed by atoms with van der Waals surface area (Å²) < 4.78 is 5.39. The third kappa shape index (κ3) is 2.50. The summed E-state index contributed by atoms with van der Waals surface area (Å²) in [6, 6.07) is 2.03. The van der Waals surface area contributed by atoms with E-state index in [1.54, 1.807) is 7.05 Å². The fourth-order valence-electron chi connectivity index (χ4n) is 2.71. The SMILES string of the molecule is CNC(=O)c1c(C)cc(N2CCOCC2)nc1C1CC1. The van der Waals surface area contributed by atoms with Crippen molar-refractivity contribution in [3.05, 3.63) is 22.9 Å². The van der Waals surface area contributed by atoms with Gasteiger partial charge in [-0.05, 0) is 31.4 Å². The Morgan fingerprint density at radius 3 is 2.70 bits per heavy atom. The molecule has 0 unspecified atom stereocenters. The van der Waals surface area contributed by atoms with Gasteiger partial charge >= 0.3 is 0 Å². The zero-order valence-electron chi connectivity index (χ0n) is 12.1. The van der Waals surface area contributed by atoms with Gasteiger partial charge in [-0.3, -0.25) is 4.79 Å². The van der Waals surface area contributed by atoms with Crippen molar-refractivity contribution in [1.29, 1.82) is 0 Å². The van der Waals surface area contributed by atoms with E-state index in [-0.39, 0.29) is 5.91 Å². The lowest BCUT2D eigenvalue weighted by Gasteiger charge is -2.29. The summed E-state index contributed by atoms with van der Waals surface area (Å²) in [6.45, 7) is 5.24. The third-order valence-electron chi connectivity index (χ3n) is 3.98. The molecule has 0 aromatic carbocycles. The number of amides is 1. The highest BCUT2D eigenvalue weighted by atomic mass is 16.5. The zero-order chi connectivity index (χ0) is 14.1. The van der Waals surface area contributed by atoms with Gasteiger partial charge in [-0.15, -0.1) is 0 Å². The van der Waals surface area contributed by atoms with E-state index in [9.17, 15) is 4.79 Å². The molecule has 1 aliphatic carbocycles. The lowest BCUT2D eigenvalue weighted by Crippen LogP contribution is -2.37. The van der Waals surface area contributed by atoms with E-state index >= 15 is 0 Å². The summed E-state index contributed by atoms with van der Waals surface area (Å²) in [5.41, 5.74) is 2.76. The van der Waals surface area contributed by atoms with E-state index in [2.05, 4.69) is 10.2 Å². The normalized spacial score (nSPS) is 19.0. The van der Waals surface area contributed by atoms with Crippen LogP contribution >= 0.6 is 0 Å². The van der Waals surface area contributed by atoms with Gasteiger partial charge in [0, 0.05) is 26.1 Å². The molecule has 1 saturated carbocycles. The average Bonchev–Trinajstić information content (AvgIpc) is 3.31. The van der Waals surface area contributed by atoms with Gasteiger partial charge in [0.05, 0.1) is 24.5 Å². The van der Waals surface area contributed by atoms with Crippen LogP contribution in [0.25, 0.3) is 0 Å². The summed E-state index contributed by atoms with van der Waals surface area (Å²) in [4.78, 5) is 19.1. The molecule has 5 heteroatoms. The molecular weight excluding hydrogens is 254 g/mol. The molecule has 108 valence electrons. The third-order valence-corrected chi connectivity index (χ3v) is 3.98. The molecule has 0 spiro atoms. The number of carbonyl (C=O) groups is 1. The number of nitrogens with zero attached hydrogens (tertiary/aromatic N) is 2. The van der Waals surface area contributed by atoms with E-state index in [0.29, 0.717) is 5.92 Å². The minimum Gasteiger partial charge on any atom is -0.378 e. The van der Waals surface area contributed by atoms with Crippen LogP contribution in [0.15, 0.2) is 6.07 Å². The van der Waals surface area contributed by atoms with Gasteiger partial charge in [-0.1, -0.05) is 0 Å². The van der Waals surface area contributed by atoms with E-state index in [4.69, 9.17) is 9.72 Å². The quantitative estimate of drug-likeness (QED) is 0.907. The van der Waals surface area contributed by atoms with Crippen LogP contribution in [0.3, 0.4) is 0 Å². The number of aryl methyl sites for hydroxylation is 1. The van der Waals surface area contributed by atoms with Gasteiger partial charge in [-0.2, -0.15) is 0 Å². The minimum absolute atomic E-state index is 0.0228. The predicted octanol–water partition coefficient (Wildman–Crippen LogP) is 1.46. The van der Waals surface area contributed by atoms with Crippen molar-refractivity contribution in [1.82, 2.24) is 10.3 Å². The first kappa shape index (κ1) is 13.4. The first-order valence-electron chi connectivity index (χ1n) is 7.27. The second-order valence-corrected chi connectivity index (χ2v) is 5.51. The van der Waals surface area contributed by atoms with Crippen LogP contribution < -0.4 is 10.2 Å². The van der Waals surface area contributed by atoms with Crippen molar-refractivity contribution in [3.8, 4) is 0 Å². The fourth-order valence-corrected chi connectivity index (χ4v) is 2.71. The van der Waals surface area contributed by atoms with Crippen molar-refractivity contribution in [3.63, 3.8) is 0 Å². The second kappa shape index (κ2) is 5.40. The Morgan fingerprint density at radius 1 is 1.40 bits per heavy atom. The Hall–Kier alpha value is -1.62. The number of morpholine rings is 1. The fraction of sp³-hybridized carbons (Fsp3) is 0.600. The van der Waals surface area contributed by atoms with Gasteiger partial charge in [0.1, 0.15) is 5.82 Å². The highest BCUT2D eigenvalue weighted by Crippen LogP contribution is 2.42. The summed E-state index contributed by atoms with van der Waals surface area (Å²) >= 11 is 0. The van der Waals surface area contributed by atoms with Crippen molar-refractivity contribution in [2.75, 3.05) is 38.3 Å². The maximum absolute atomic E-state index is 12.1. The van der Waals surface area contributed by atoms with Gasteiger partial charge < -0.3 is 15.0 Å². The van der Waals surface area contributed by atoms with Gasteiger partial charge in [-0.25, -0.2) is 4.98 Å². The molecule has 1 saturated heterocycles. The molecule has 0 radical (unpaired) electrons. The number of pyridine rings is 1. The molecule has 1 N–H and O–H groups in total. The molecule has 1 aliphatic heterocycles. The highest BCUT2D eigenvalue weighted by Gasteiger charge is 2.31. The molecule has 3 rings (SSSR count). The number of nitrogens with one attached hydrogen (secondary N) is 1. The molecule has 1 aromatic rings. The van der Waals surface area contributed by atoms with Crippen molar-refractivity contribution < 1.29 is 9.53 Å². The van der Waals surface area contributed by atoms with Crippen LogP contribution in [0, 0.1) is 6.92 Å². The van der Waals surface area contributed by atoms with E-state index < -0.39 is 0 Å². The number of hydrogen-bond acceptors (Lipinski definition) is 4. The molecule has 2 aliphatic rings. The number of aromatic nitrogens is 1. The van der Waals surface area contributed by atoms with Crippen LogP contribution in [0.2, 0.25) is 0 Å². The summed E-state index contributed by atoms with van der Waals surface area (Å²) in [7, 11) is 1.67. The molecular formula is C15H21N3O2. The standard InChI is InChI=1S/C15H21N3O2/c1-10-9-12(18-5-7-20-8-6-18)17-14(11-3-4-11)13(10)15(19)16-2/h9,11H,3-8H2,1-2H3,(H,16,19). The number of hydrogen-bond donors (Lipinski definition) is 1. The Morgan fingerprint density at radius 2 is 2.10 bits per heavy atom. The Bertz CT molecular complexity index is 520. The monoisotopic (exact) mass is 275 g/mol. The van der Waals surface area contributed by atoms with Gasteiger partial charge in [0.25, 0.3) is 5.91 Å². The highest BCUT2D eigenvalue weighted by molar-refractivity contribution is 5.97. The Kier molecular flexibility index (Phi) is 3.61. The second-order valence-electron chi connectivity index (χ2n) is 5.51. The number of carbonyl (C=O) groups excluding carboxylic acids is 1. The summed E-state index contributed by atoms with van der Waals surface area (Å²) in [5.74, 6) is 1.42. The Balaban J connectivity index is 1.99. The number of rotatable bonds is 3. The first-order chi connectivity index (χ1) is 9.70. The molecule has 2 fully saturated rings. The molecule has 0 bridgehead atoms. The van der Waals surface area contributed by atoms with Crippen LogP contribution in [0.4, 0.5) is 5.82 Å². The predicted molar refractivity (Wildman–Crippen MR) is 77.4 cm³/mol. The van der Waals surface area contributed by atoms with Crippen LogP contribution in [-0.4, -0.2) is 44.2 Å². The minimum atomic E-state index is -0.0228. The topological polar surface area (TPSA) is 54.5 Å². The van der Waals surface area contributed by atoms with E-state index in [0.717, 1.165) is 61.8 Å². The number of ether oxygens (including phenoxy) is 1. The molecule has 5 nitrogen and oxygen atoms in total. The van der Waals surface area contributed by atoms with Crippen molar-refractivity contribution in [2.45, 2.75) is 25.7 Å². The van der Waals surface area contributed by atoms with Crippen LogP contribution in [-0.2, 0) is 4.74 Å². The van der Waals surface area contributed by atoms with E-state index in [1.807, 2.05) is 13.0 Å². The summed E-state index contributed by atoms with van der Waals surface area (Å²) in [5, 5.41) is 2.73.